The van der Waals surface area contributed by atoms with Crippen molar-refractivity contribution in [2.24, 2.45) is 0 Å². The highest BCUT2D eigenvalue weighted by Crippen LogP contribution is 2.32. The molecule has 1 saturated heterocycles. The van der Waals surface area contributed by atoms with Crippen LogP contribution in [0.5, 0.6) is 5.75 Å². The van der Waals surface area contributed by atoms with Crippen molar-refractivity contribution in [1.82, 2.24) is 9.88 Å². The number of carbonyl (C=O) groups is 1. The van der Waals surface area contributed by atoms with Crippen molar-refractivity contribution in [2.75, 3.05) is 51.4 Å². The number of methoxy groups -OCH3 is 1. The molecule has 0 spiro atoms. The quantitative estimate of drug-likeness (QED) is 0.504. The largest absolute Gasteiger partial charge is 0.497 e. The van der Waals surface area contributed by atoms with Crippen LogP contribution in [0.4, 0.5) is 5.13 Å². The summed E-state index contributed by atoms with van der Waals surface area (Å²) in [5.41, 5.74) is 1.66. The third-order valence-electron chi connectivity index (χ3n) is 5.37. The molecule has 1 aliphatic heterocycles. The molecule has 1 aliphatic rings. The number of halogens is 1. The molecule has 2 heterocycles. The molecule has 0 saturated carbocycles. The van der Waals surface area contributed by atoms with Gasteiger partial charge < -0.3 is 9.47 Å². The standard InChI is InChI=1S/C23H26ClN3O3S/c1-29-18-7-8-21-20(16-18)25-23(31-21)27(10-4-9-26-11-13-30-14-12-26)22(28)15-17-5-2-3-6-19(17)24/h2-3,5-8,16H,4,9-15H2,1H3. The van der Waals surface area contributed by atoms with E-state index in [2.05, 4.69) is 4.90 Å². The molecule has 4 rings (SSSR count). The van der Waals surface area contributed by atoms with Gasteiger partial charge in [-0.2, -0.15) is 0 Å². The van der Waals surface area contributed by atoms with Crippen LogP contribution >= 0.6 is 22.9 Å². The van der Waals surface area contributed by atoms with Crippen molar-refractivity contribution < 1.29 is 14.3 Å². The van der Waals surface area contributed by atoms with Gasteiger partial charge in [-0.05, 0) is 30.2 Å². The number of aromatic nitrogens is 1. The van der Waals surface area contributed by atoms with Gasteiger partial charge in [-0.1, -0.05) is 41.1 Å². The van der Waals surface area contributed by atoms with Crippen molar-refractivity contribution >= 4 is 44.2 Å². The summed E-state index contributed by atoms with van der Waals surface area (Å²) in [7, 11) is 1.64. The van der Waals surface area contributed by atoms with Crippen LogP contribution in [0.3, 0.4) is 0 Å². The number of thiazole rings is 1. The lowest BCUT2D eigenvalue weighted by atomic mass is 10.1. The molecule has 1 fully saturated rings. The third-order valence-corrected chi connectivity index (χ3v) is 6.80. The van der Waals surface area contributed by atoms with Gasteiger partial charge >= 0.3 is 0 Å². The Morgan fingerprint density at radius 2 is 2.06 bits per heavy atom. The number of hydrogen-bond donors (Lipinski definition) is 0. The zero-order chi connectivity index (χ0) is 21.6. The van der Waals surface area contributed by atoms with Crippen LogP contribution in [0, 0.1) is 0 Å². The number of carbonyl (C=O) groups excluding carboxylic acids is 1. The molecular formula is C23H26ClN3O3S. The fourth-order valence-corrected chi connectivity index (χ4v) is 4.83. The number of hydrogen-bond acceptors (Lipinski definition) is 6. The second-order valence-corrected chi connectivity index (χ2v) is 8.87. The van der Waals surface area contributed by atoms with Crippen LogP contribution in [0.15, 0.2) is 42.5 Å². The highest BCUT2D eigenvalue weighted by Gasteiger charge is 2.21. The molecule has 3 aromatic rings. The maximum atomic E-state index is 13.3. The molecular weight excluding hydrogens is 434 g/mol. The fourth-order valence-electron chi connectivity index (χ4n) is 3.64. The third kappa shape index (κ3) is 5.54. The average Bonchev–Trinajstić information content (AvgIpc) is 3.21. The molecule has 0 atom stereocenters. The van der Waals surface area contributed by atoms with Gasteiger partial charge in [-0.25, -0.2) is 4.98 Å². The van der Waals surface area contributed by atoms with E-state index in [0.29, 0.717) is 16.7 Å². The Kier molecular flexibility index (Phi) is 7.40. The van der Waals surface area contributed by atoms with E-state index in [0.717, 1.165) is 60.8 Å². The first-order valence-electron chi connectivity index (χ1n) is 10.4. The zero-order valence-electron chi connectivity index (χ0n) is 17.6. The Labute approximate surface area is 191 Å². The summed E-state index contributed by atoms with van der Waals surface area (Å²) in [5.74, 6) is 0.756. The molecule has 8 heteroatoms. The van der Waals surface area contributed by atoms with Crippen molar-refractivity contribution in [3.05, 3.63) is 53.1 Å². The molecule has 31 heavy (non-hydrogen) atoms. The minimum absolute atomic E-state index is 0.00102. The normalized spacial score (nSPS) is 14.6. The number of nitrogens with zero attached hydrogens (tertiary/aromatic N) is 3. The first-order valence-corrected chi connectivity index (χ1v) is 11.6. The summed E-state index contributed by atoms with van der Waals surface area (Å²) in [4.78, 5) is 22.3. The lowest BCUT2D eigenvalue weighted by Gasteiger charge is -2.27. The number of fused-ring (bicyclic) bond motifs is 1. The smallest absolute Gasteiger partial charge is 0.233 e. The lowest BCUT2D eigenvalue weighted by molar-refractivity contribution is -0.118. The molecule has 1 amide bonds. The summed E-state index contributed by atoms with van der Waals surface area (Å²) in [6.45, 7) is 4.96. The maximum absolute atomic E-state index is 13.3. The highest BCUT2D eigenvalue weighted by molar-refractivity contribution is 7.22. The second kappa shape index (κ2) is 10.4. The van der Waals surface area contributed by atoms with E-state index < -0.39 is 0 Å². The van der Waals surface area contributed by atoms with Gasteiger partial charge in [-0.15, -0.1) is 0 Å². The Morgan fingerprint density at radius 1 is 1.26 bits per heavy atom. The summed E-state index contributed by atoms with van der Waals surface area (Å²) in [6.07, 6.45) is 1.12. The van der Waals surface area contributed by atoms with Gasteiger partial charge in [0.1, 0.15) is 5.75 Å². The fraction of sp³-hybridized carbons (Fsp3) is 0.391. The number of rotatable bonds is 8. The molecule has 0 N–H and O–H groups in total. The van der Waals surface area contributed by atoms with Crippen LogP contribution in [0.1, 0.15) is 12.0 Å². The van der Waals surface area contributed by atoms with Crippen molar-refractivity contribution in [3.63, 3.8) is 0 Å². The van der Waals surface area contributed by atoms with E-state index in [9.17, 15) is 4.79 Å². The Bertz CT molecular complexity index is 1040. The Hall–Kier alpha value is -2.19. The van der Waals surface area contributed by atoms with E-state index in [1.165, 1.54) is 11.3 Å². The molecule has 0 aliphatic carbocycles. The predicted octanol–water partition coefficient (Wildman–Crippen LogP) is 4.26. The monoisotopic (exact) mass is 459 g/mol. The lowest BCUT2D eigenvalue weighted by Crippen LogP contribution is -2.39. The van der Waals surface area contributed by atoms with Gasteiger partial charge in [0.2, 0.25) is 5.91 Å². The molecule has 0 unspecified atom stereocenters. The van der Waals surface area contributed by atoms with E-state index in [1.807, 2.05) is 42.5 Å². The van der Waals surface area contributed by atoms with E-state index in [1.54, 1.807) is 12.0 Å². The minimum Gasteiger partial charge on any atom is -0.497 e. The van der Waals surface area contributed by atoms with Crippen LogP contribution in [0.25, 0.3) is 10.2 Å². The Balaban J connectivity index is 1.53. The minimum atomic E-state index is 0.00102. The molecule has 0 radical (unpaired) electrons. The van der Waals surface area contributed by atoms with Crippen LogP contribution in [-0.4, -0.2) is 62.3 Å². The van der Waals surface area contributed by atoms with Gasteiger partial charge in [-0.3, -0.25) is 14.6 Å². The van der Waals surface area contributed by atoms with Crippen molar-refractivity contribution in [1.29, 1.82) is 0 Å². The molecule has 0 bridgehead atoms. The first-order chi connectivity index (χ1) is 15.1. The number of benzene rings is 2. The molecule has 164 valence electrons. The summed E-state index contributed by atoms with van der Waals surface area (Å²) in [6, 6.07) is 13.3. The second-order valence-electron chi connectivity index (χ2n) is 7.45. The van der Waals surface area contributed by atoms with Gasteiger partial charge in [0, 0.05) is 37.3 Å². The van der Waals surface area contributed by atoms with E-state index in [-0.39, 0.29) is 12.3 Å². The summed E-state index contributed by atoms with van der Waals surface area (Å²) >= 11 is 7.83. The number of amides is 1. The van der Waals surface area contributed by atoms with Crippen LogP contribution < -0.4 is 9.64 Å². The zero-order valence-corrected chi connectivity index (χ0v) is 19.1. The number of anilines is 1. The van der Waals surface area contributed by atoms with E-state index >= 15 is 0 Å². The SMILES string of the molecule is COc1ccc2sc(N(CCCN3CCOCC3)C(=O)Cc3ccccc3Cl)nc2c1. The van der Waals surface area contributed by atoms with Gasteiger partial charge in [0.25, 0.3) is 0 Å². The van der Waals surface area contributed by atoms with Gasteiger partial charge in [0.15, 0.2) is 5.13 Å². The molecule has 1 aromatic heterocycles. The topological polar surface area (TPSA) is 54.9 Å². The van der Waals surface area contributed by atoms with E-state index in [4.69, 9.17) is 26.1 Å². The maximum Gasteiger partial charge on any atom is 0.233 e. The van der Waals surface area contributed by atoms with Crippen molar-refractivity contribution in [2.45, 2.75) is 12.8 Å². The summed E-state index contributed by atoms with van der Waals surface area (Å²) in [5, 5.41) is 1.32. The predicted molar refractivity (Wildman–Crippen MR) is 126 cm³/mol. The van der Waals surface area contributed by atoms with Crippen LogP contribution in [-0.2, 0) is 16.0 Å². The average molecular weight is 460 g/mol. The number of morpholine rings is 1. The van der Waals surface area contributed by atoms with Gasteiger partial charge in [0.05, 0.1) is 37.0 Å². The first kappa shape index (κ1) is 22.0. The molecule has 2 aromatic carbocycles. The molecule has 6 nitrogen and oxygen atoms in total. The Morgan fingerprint density at radius 3 is 2.84 bits per heavy atom. The van der Waals surface area contributed by atoms with Crippen LogP contribution in [0.2, 0.25) is 5.02 Å². The summed E-state index contributed by atoms with van der Waals surface area (Å²) < 4.78 is 11.8. The highest BCUT2D eigenvalue weighted by atomic mass is 35.5. The van der Waals surface area contributed by atoms with Crippen molar-refractivity contribution in [3.8, 4) is 5.75 Å². The number of ether oxygens (including phenoxy) is 2.